The molecule has 3 aromatic heterocycles. The van der Waals surface area contributed by atoms with Crippen molar-refractivity contribution in [2.75, 3.05) is 13.2 Å². The number of carbonyl (C=O) groups is 1. The predicted octanol–water partition coefficient (Wildman–Crippen LogP) is 3.22. The molecule has 1 amide bonds. The maximum Gasteiger partial charge on any atom is 0.263 e. The lowest BCUT2D eigenvalue weighted by molar-refractivity contribution is -0.120. The van der Waals surface area contributed by atoms with Gasteiger partial charge in [-0.3, -0.25) is 14.0 Å². The first-order valence-corrected chi connectivity index (χ1v) is 10.0. The summed E-state index contributed by atoms with van der Waals surface area (Å²) in [5, 5.41) is 14.8. The minimum Gasteiger partial charge on any atom is -0.396 e. The van der Waals surface area contributed by atoms with Crippen LogP contribution in [0.2, 0.25) is 0 Å². The van der Waals surface area contributed by atoms with E-state index in [-0.39, 0.29) is 24.5 Å². The van der Waals surface area contributed by atoms with Crippen LogP contribution in [0.5, 0.6) is 0 Å². The van der Waals surface area contributed by atoms with E-state index >= 15 is 0 Å². The number of aliphatic hydroxyl groups is 1. The summed E-state index contributed by atoms with van der Waals surface area (Å²) in [5.41, 5.74) is 2.91. The number of benzene rings is 1. The average Bonchev–Trinajstić information content (AvgIpc) is 3.19. The number of amides is 1. The number of hydrogen-bond donors (Lipinski definition) is 2. The highest BCUT2D eigenvalue weighted by Gasteiger charge is 2.16. The minimum absolute atomic E-state index is 0.0396. The average molecular weight is 392 g/mol. The van der Waals surface area contributed by atoms with Gasteiger partial charge in [-0.15, -0.1) is 11.3 Å². The lowest BCUT2D eigenvalue weighted by Crippen LogP contribution is -2.27. The third-order valence-electron chi connectivity index (χ3n) is 4.72. The van der Waals surface area contributed by atoms with Crippen LogP contribution in [0.25, 0.3) is 26.7 Å². The number of pyridine rings is 2. The Morgan fingerprint density at radius 1 is 1.14 bits per heavy atom. The lowest BCUT2D eigenvalue weighted by atomic mass is 10.0. The van der Waals surface area contributed by atoms with E-state index in [4.69, 9.17) is 5.11 Å². The van der Waals surface area contributed by atoms with Gasteiger partial charge in [0.2, 0.25) is 5.91 Å². The summed E-state index contributed by atoms with van der Waals surface area (Å²) >= 11 is 1.57. The first kappa shape index (κ1) is 18.4. The van der Waals surface area contributed by atoms with E-state index < -0.39 is 0 Å². The van der Waals surface area contributed by atoms with Gasteiger partial charge in [-0.2, -0.15) is 0 Å². The Labute approximate surface area is 165 Å². The molecular weight excluding hydrogens is 372 g/mol. The largest absolute Gasteiger partial charge is 0.396 e. The molecule has 28 heavy (non-hydrogen) atoms. The van der Waals surface area contributed by atoms with Crippen molar-refractivity contribution in [2.45, 2.75) is 12.8 Å². The van der Waals surface area contributed by atoms with Crippen molar-refractivity contribution in [3.63, 3.8) is 0 Å². The molecule has 142 valence electrons. The van der Waals surface area contributed by atoms with Gasteiger partial charge in [0.25, 0.3) is 5.56 Å². The standard InChI is InChI=1S/C22H20N2O3S/c25-11-4-9-23-19(26)14-17-13-18(15-5-2-1-3-6-15)22(27)24-10-7-16-8-12-28-21(16)20(17)24/h1-3,5-8,10,12-13,25H,4,9,11,14H2,(H,23,26). The Morgan fingerprint density at radius 3 is 2.75 bits per heavy atom. The lowest BCUT2D eigenvalue weighted by Gasteiger charge is -2.13. The van der Waals surface area contributed by atoms with E-state index in [9.17, 15) is 9.59 Å². The zero-order valence-electron chi connectivity index (χ0n) is 15.2. The molecule has 2 N–H and O–H groups in total. The third kappa shape index (κ3) is 3.44. The van der Waals surface area contributed by atoms with E-state index in [1.165, 1.54) is 0 Å². The van der Waals surface area contributed by atoms with Crippen LogP contribution in [-0.4, -0.2) is 28.6 Å². The summed E-state index contributed by atoms with van der Waals surface area (Å²) in [6.45, 7) is 0.470. The Balaban J connectivity index is 1.89. The van der Waals surface area contributed by atoms with Crippen LogP contribution < -0.4 is 10.9 Å². The molecule has 3 heterocycles. The van der Waals surface area contributed by atoms with Crippen molar-refractivity contribution in [3.05, 3.63) is 76.0 Å². The quantitative estimate of drug-likeness (QED) is 0.495. The highest BCUT2D eigenvalue weighted by molar-refractivity contribution is 7.18. The molecule has 0 radical (unpaired) electrons. The molecule has 0 aliphatic rings. The number of carbonyl (C=O) groups excluding carboxylic acids is 1. The molecule has 1 aromatic carbocycles. The fraction of sp³-hybridized carbons (Fsp3) is 0.182. The van der Waals surface area contributed by atoms with Gasteiger partial charge >= 0.3 is 0 Å². The highest BCUT2D eigenvalue weighted by atomic mass is 32.1. The summed E-state index contributed by atoms with van der Waals surface area (Å²) in [6.07, 6.45) is 2.48. The highest BCUT2D eigenvalue weighted by Crippen LogP contribution is 2.29. The second-order valence-corrected chi connectivity index (χ2v) is 7.51. The molecule has 6 heteroatoms. The normalized spacial score (nSPS) is 11.2. The van der Waals surface area contributed by atoms with Crippen LogP contribution in [0.4, 0.5) is 0 Å². The molecule has 4 aromatic rings. The fourth-order valence-corrected chi connectivity index (χ4v) is 4.35. The molecule has 4 rings (SSSR count). The molecule has 0 spiro atoms. The molecule has 0 aliphatic carbocycles. The van der Waals surface area contributed by atoms with E-state index in [2.05, 4.69) is 5.32 Å². The van der Waals surface area contributed by atoms with Gasteiger partial charge in [0, 0.05) is 24.9 Å². The molecule has 0 aliphatic heterocycles. The van der Waals surface area contributed by atoms with Crippen molar-refractivity contribution in [3.8, 4) is 11.1 Å². The number of rotatable bonds is 6. The van der Waals surface area contributed by atoms with Crippen LogP contribution in [0.15, 0.2) is 64.9 Å². The number of fused-ring (bicyclic) bond motifs is 3. The van der Waals surface area contributed by atoms with E-state index in [1.807, 2.05) is 53.9 Å². The van der Waals surface area contributed by atoms with Gasteiger partial charge in [0.05, 0.1) is 16.6 Å². The topological polar surface area (TPSA) is 70.8 Å². The molecule has 0 bridgehead atoms. The van der Waals surface area contributed by atoms with Crippen molar-refractivity contribution < 1.29 is 9.90 Å². The summed E-state index contributed by atoms with van der Waals surface area (Å²) < 4.78 is 2.65. The van der Waals surface area contributed by atoms with Crippen LogP contribution in [0.1, 0.15) is 12.0 Å². The maximum absolute atomic E-state index is 13.2. The van der Waals surface area contributed by atoms with Crippen LogP contribution >= 0.6 is 11.3 Å². The zero-order chi connectivity index (χ0) is 19.5. The summed E-state index contributed by atoms with van der Waals surface area (Å²) in [4.78, 5) is 25.6. The van der Waals surface area contributed by atoms with Crippen LogP contribution in [0.3, 0.4) is 0 Å². The summed E-state index contributed by atoms with van der Waals surface area (Å²) in [6, 6.07) is 15.3. The molecule has 0 saturated carbocycles. The summed E-state index contributed by atoms with van der Waals surface area (Å²) in [5.74, 6) is -0.124. The summed E-state index contributed by atoms with van der Waals surface area (Å²) in [7, 11) is 0. The van der Waals surface area contributed by atoms with Gasteiger partial charge in [-0.25, -0.2) is 0 Å². The van der Waals surface area contributed by atoms with E-state index in [1.54, 1.807) is 21.9 Å². The monoisotopic (exact) mass is 392 g/mol. The Morgan fingerprint density at radius 2 is 1.96 bits per heavy atom. The predicted molar refractivity (Wildman–Crippen MR) is 113 cm³/mol. The second kappa shape index (κ2) is 7.96. The Bertz CT molecular complexity index is 1200. The number of hydrogen-bond acceptors (Lipinski definition) is 4. The van der Waals surface area contributed by atoms with E-state index in [0.717, 1.165) is 26.7 Å². The number of aromatic nitrogens is 1. The van der Waals surface area contributed by atoms with Gasteiger partial charge in [0.15, 0.2) is 0 Å². The van der Waals surface area contributed by atoms with Crippen molar-refractivity contribution in [1.29, 1.82) is 0 Å². The van der Waals surface area contributed by atoms with Gasteiger partial charge in [-0.1, -0.05) is 30.3 Å². The fourth-order valence-electron chi connectivity index (χ4n) is 3.39. The number of nitrogens with one attached hydrogen (secondary N) is 1. The Kier molecular flexibility index (Phi) is 5.23. The van der Waals surface area contributed by atoms with Crippen molar-refractivity contribution >= 4 is 32.8 Å². The molecule has 0 unspecified atom stereocenters. The van der Waals surface area contributed by atoms with Crippen molar-refractivity contribution in [1.82, 2.24) is 9.72 Å². The smallest absolute Gasteiger partial charge is 0.263 e. The van der Waals surface area contributed by atoms with Crippen LogP contribution in [0, 0.1) is 0 Å². The molecule has 5 nitrogen and oxygen atoms in total. The number of nitrogens with zero attached hydrogens (tertiary/aromatic N) is 1. The second-order valence-electron chi connectivity index (χ2n) is 6.60. The van der Waals surface area contributed by atoms with Crippen molar-refractivity contribution in [2.24, 2.45) is 0 Å². The Hall–Kier alpha value is -2.96. The maximum atomic E-state index is 13.2. The first-order chi connectivity index (χ1) is 13.7. The van der Waals surface area contributed by atoms with Gasteiger partial charge in [-0.05, 0) is 46.5 Å². The molecule has 0 saturated heterocycles. The first-order valence-electron chi connectivity index (χ1n) is 9.16. The molecule has 0 atom stereocenters. The zero-order valence-corrected chi connectivity index (χ0v) is 16.0. The number of thiophene rings is 1. The number of aliphatic hydroxyl groups excluding tert-OH is 1. The van der Waals surface area contributed by atoms with Crippen LogP contribution in [-0.2, 0) is 11.2 Å². The molecule has 0 fully saturated rings. The SMILES string of the molecule is O=C(Cc1cc(-c2ccccc2)c(=O)n2ccc3ccsc3c12)NCCCO. The minimum atomic E-state index is -0.124. The molecular formula is C22H20N2O3S. The van der Waals surface area contributed by atoms with Gasteiger partial charge in [0.1, 0.15) is 0 Å². The third-order valence-corrected chi connectivity index (χ3v) is 5.66. The van der Waals surface area contributed by atoms with Gasteiger partial charge < -0.3 is 10.4 Å². The van der Waals surface area contributed by atoms with E-state index in [0.29, 0.717) is 18.5 Å².